The number of nitrogens with two attached hydrogens (primary N) is 1. The van der Waals surface area contributed by atoms with Gasteiger partial charge in [0, 0.05) is 24.6 Å². The van der Waals surface area contributed by atoms with Crippen molar-refractivity contribution >= 4 is 16.7 Å². The lowest BCUT2D eigenvalue weighted by molar-refractivity contribution is 0.915. The summed E-state index contributed by atoms with van der Waals surface area (Å²) < 4.78 is 4.14. The van der Waals surface area contributed by atoms with Gasteiger partial charge in [0.25, 0.3) is 0 Å². The highest BCUT2D eigenvalue weighted by Gasteiger charge is 2.15. The van der Waals surface area contributed by atoms with Gasteiger partial charge in [0.05, 0.1) is 6.54 Å². The highest BCUT2D eigenvalue weighted by atomic mass is 32.1. The molecule has 1 fully saturated rings. The number of aromatic nitrogens is 2. The second kappa shape index (κ2) is 3.37. The predicted molar refractivity (Wildman–Crippen MR) is 49.2 cm³/mol. The van der Waals surface area contributed by atoms with Crippen LogP contribution in [0.1, 0.15) is 18.7 Å². The summed E-state index contributed by atoms with van der Waals surface area (Å²) in [5, 5.41) is 1.04. The molecule has 0 unspecified atom stereocenters. The quantitative estimate of drug-likeness (QED) is 0.731. The molecule has 0 saturated carbocycles. The Morgan fingerprint density at radius 1 is 1.42 bits per heavy atom. The fourth-order valence-electron chi connectivity index (χ4n) is 1.36. The van der Waals surface area contributed by atoms with Crippen molar-refractivity contribution in [2.24, 2.45) is 5.73 Å². The Labute approximate surface area is 75.6 Å². The molecular weight excluding hydrogens is 172 g/mol. The van der Waals surface area contributed by atoms with Gasteiger partial charge in [-0.2, -0.15) is 4.37 Å². The number of hydrogen-bond donors (Lipinski definition) is 1. The molecule has 0 spiro atoms. The summed E-state index contributed by atoms with van der Waals surface area (Å²) in [5.41, 5.74) is 5.42. The average molecular weight is 184 g/mol. The van der Waals surface area contributed by atoms with Gasteiger partial charge in [0.2, 0.25) is 5.13 Å². The van der Waals surface area contributed by atoms with Gasteiger partial charge in [-0.15, -0.1) is 0 Å². The first-order valence-corrected chi connectivity index (χ1v) is 4.95. The van der Waals surface area contributed by atoms with Crippen LogP contribution in [0.2, 0.25) is 0 Å². The third-order valence-electron chi connectivity index (χ3n) is 2.02. The minimum absolute atomic E-state index is 0.449. The van der Waals surface area contributed by atoms with Gasteiger partial charge >= 0.3 is 0 Å². The van der Waals surface area contributed by atoms with Gasteiger partial charge in [0.15, 0.2) is 5.82 Å². The molecule has 0 bridgehead atoms. The highest BCUT2D eigenvalue weighted by molar-refractivity contribution is 7.09. The molecule has 1 aliphatic heterocycles. The summed E-state index contributed by atoms with van der Waals surface area (Å²) in [6, 6.07) is 0. The zero-order valence-corrected chi connectivity index (χ0v) is 7.68. The summed E-state index contributed by atoms with van der Waals surface area (Å²) >= 11 is 1.46. The Morgan fingerprint density at radius 3 is 2.75 bits per heavy atom. The molecule has 1 aromatic heterocycles. The summed E-state index contributed by atoms with van der Waals surface area (Å²) in [4.78, 5) is 6.59. The lowest BCUT2D eigenvalue weighted by Crippen LogP contribution is -2.17. The topological polar surface area (TPSA) is 55.0 Å². The monoisotopic (exact) mass is 184 g/mol. The normalized spacial score (nSPS) is 17.2. The molecule has 2 heterocycles. The molecule has 2 rings (SSSR count). The van der Waals surface area contributed by atoms with Crippen molar-refractivity contribution in [2.45, 2.75) is 19.4 Å². The molecule has 1 aromatic rings. The van der Waals surface area contributed by atoms with Crippen LogP contribution in [0, 0.1) is 0 Å². The van der Waals surface area contributed by atoms with Gasteiger partial charge in [-0.05, 0) is 12.8 Å². The molecule has 66 valence electrons. The fraction of sp³-hybridized carbons (Fsp3) is 0.714. The van der Waals surface area contributed by atoms with Crippen molar-refractivity contribution in [3.8, 4) is 0 Å². The van der Waals surface area contributed by atoms with E-state index in [1.54, 1.807) is 0 Å². The fourth-order valence-corrected chi connectivity index (χ4v) is 2.11. The largest absolute Gasteiger partial charge is 0.347 e. The third kappa shape index (κ3) is 1.42. The lowest BCUT2D eigenvalue weighted by Gasteiger charge is -2.11. The first-order valence-electron chi connectivity index (χ1n) is 4.18. The first kappa shape index (κ1) is 7.94. The molecule has 0 aliphatic carbocycles. The summed E-state index contributed by atoms with van der Waals surface area (Å²) in [6.07, 6.45) is 2.55. The number of nitrogens with zero attached hydrogens (tertiary/aromatic N) is 3. The van der Waals surface area contributed by atoms with Crippen LogP contribution in [0.25, 0.3) is 0 Å². The van der Waals surface area contributed by atoms with Gasteiger partial charge in [-0.3, -0.25) is 0 Å². The minimum Gasteiger partial charge on any atom is -0.347 e. The lowest BCUT2D eigenvalue weighted by atomic mass is 10.4. The summed E-state index contributed by atoms with van der Waals surface area (Å²) in [6.45, 7) is 2.70. The standard InChI is InChI=1S/C7H12N4S/c8-5-6-9-7(12-10-6)11-3-1-2-4-11/h1-5,8H2. The van der Waals surface area contributed by atoms with Gasteiger partial charge in [-0.25, -0.2) is 4.98 Å². The maximum Gasteiger partial charge on any atom is 0.205 e. The second-order valence-electron chi connectivity index (χ2n) is 2.89. The molecule has 4 nitrogen and oxygen atoms in total. The zero-order chi connectivity index (χ0) is 8.39. The Bertz CT molecular complexity index is 254. The first-order chi connectivity index (χ1) is 5.90. The predicted octanol–water partition coefficient (Wildman–Crippen LogP) is 0.597. The van der Waals surface area contributed by atoms with Crippen LogP contribution < -0.4 is 10.6 Å². The maximum atomic E-state index is 5.42. The zero-order valence-electron chi connectivity index (χ0n) is 6.86. The van der Waals surface area contributed by atoms with E-state index in [2.05, 4.69) is 14.3 Å². The van der Waals surface area contributed by atoms with Crippen molar-refractivity contribution < 1.29 is 0 Å². The Hall–Kier alpha value is -0.680. The molecule has 1 saturated heterocycles. The van der Waals surface area contributed by atoms with Crippen molar-refractivity contribution in [3.05, 3.63) is 5.82 Å². The van der Waals surface area contributed by atoms with E-state index in [-0.39, 0.29) is 0 Å². The van der Waals surface area contributed by atoms with E-state index in [4.69, 9.17) is 5.73 Å². The van der Waals surface area contributed by atoms with E-state index < -0.39 is 0 Å². The SMILES string of the molecule is NCc1nsc(N2CCCC2)n1. The summed E-state index contributed by atoms with van der Waals surface area (Å²) in [7, 11) is 0. The number of anilines is 1. The van der Waals surface area contributed by atoms with Crippen LogP contribution in [0.3, 0.4) is 0 Å². The Morgan fingerprint density at radius 2 is 2.17 bits per heavy atom. The van der Waals surface area contributed by atoms with Crippen LogP contribution >= 0.6 is 11.5 Å². The van der Waals surface area contributed by atoms with E-state index in [0.29, 0.717) is 6.54 Å². The van der Waals surface area contributed by atoms with Crippen LogP contribution in [0.5, 0.6) is 0 Å². The minimum atomic E-state index is 0.449. The molecular formula is C7H12N4S. The number of rotatable bonds is 2. The van der Waals surface area contributed by atoms with Crippen LogP contribution in [0.4, 0.5) is 5.13 Å². The van der Waals surface area contributed by atoms with Crippen molar-refractivity contribution in [1.29, 1.82) is 0 Å². The van der Waals surface area contributed by atoms with Crippen molar-refractivity contribution in [2.75, 3.05) is 18.0 Å². The van der Waals surface area contributed by atoms with E-state index in [1.807, 2.05) is 0 Å². The molecule has 5 heteroatoms. The molecule has 0 radical (unpaired) electrons. The Balaban J connectivity index is 2.11. The van der Waals surface area contributed by atoms with Crippen LogP contribution in [-0.4, -0.2) is 22.4 Å². The van der Waals surface area contributed by atoms with E-state index >= 15 is 0 Å². The van der Waals surface area contributed by atoms with E-state index in [0.717, 1.165) is 24.0 Å². The molecule has 0 amide bonds. The van der Waals surface area contributed by atoms with Gasteiger partial charge in [-0.1, -0.05) is 0 Å². The Kier molecular flexibility index (Phi) is 2.23. The third-order valence-corrected chi connectivity index (χ3v) is 2.83. The smallest absolute Gasteiger partial charge is 0.205 e. The van der Waals surface area contributed by atoms with Gasteiger partial charge in [0.1, 0.15) is 0 Å². The second-order valence-corrected chi connectivity index (χ2v) is 3.62. The average Bonchev–Trinajstić information content (AvgIpc) is 2.75. The highest BCUT2D eigenvalue weighted by Crippen LogP contribution is 2.21. The molecule has 12 heavy (non-hydrogen) atoms. The number of hydrogen-bond acceptors (Lipinski definition) is 5. The van der Waals surface area contributed by atoms with Crippen molar-refractivity contribution in [1.82, 2.24) is 9.36 Å². The summed E-state index contributed by atoms with van der Waals surface area (Å²) in [5.74, 6) is 0.766. The van der Waals surface area contributed by atoms with Crippen molar-refractivity contribution in [3.63, 3.8) is 0 Å². The molecule has 0 atom stereocenters. The molecule has 2 N–H and O–H groups in total. The van der Waals surface area contributed by atoms with Crippen LogP contribution in [-0.2, 0) is 6.54 Å². The molecule has 1 aliphatic rings. The van der Waals surface area contributed by atoms with E-state index in [1.165, 1.54) is 24.4 Å². The van der Waals surface area contributed by atoms with Crippen LogP contribution in [0.15, 0.2) is 0 Å². The van der Waals surface area contributed by atoms with Gasteiger partial charge < -0.3 is 10.6 Å². The van der Waals surface area contributed by atoms with E-state index in [9.17, 15) is 0 Å². The molecule has 0 aromatic carbocycles. The maximum absolute atomic E-state index is 5.42.